The summed E-state index contributed by atoms with van der Waals surface area (Å²) in [7, 11) is -2.56. The minimum Gasteiger partial charge on any atom is -0.495 e. The molecule has 174 valence electrons. The summed E-state index contributed by atoms with van der Waals surface area (Å²) < 4.78 is 32.9. The molecule has 0 bridgehead atoms. The van der Waals surface area contributed by atoms with E-state index in [0.29, 0.717) is 16.8 Å². The Labute approximate surface area is 194 Å². The normalized spacial score (nSPS) is 11.4. The summed E-state index contributed by atoms with van der Waals surface area (Å²) in [6.45, 7) is 5.02. The molecule has 33 heavy (non-hydrogen) atoms. The number of nitro benzene ring substituents is 1. The standard InChI is InChI=1S/C21H22N4O6S2/c1-12(2)24-33(29,30)19-10-15(7-8-18(19)31-4)20(26)23-21-22-16(11-32-21)14-6-5-13(3)17(9-14)25(27)28/h5-12,24H,1-4H3,(H,22,23,26). The predicted molar refractivity (Wildman–Crippen MR) is 125 cm³/mol. The molecule has 0 atom stereocenters. The number of aromatic nitrogens is 1. The van der Waals surface area contributed by atoms with Crippen molar-refractivity contribution in [1.82, 2.24) is 9.71 Å². The first-order valence-corrected chi connectivity index (χ1v) is 12.1. The first kappa shape index (κ1) is 24.3. The molecule has 0 saturated heterocycles. The highest BCUT2D eigenvalue weighted by Gasteiger charge is 2.23. The number of benzene rings is 2. The van der Waals surface area contributed by atoms with E-state index < -0.39 is 20.9 Å². The summed E-state index contributed by atoms with van der Waals surface area (Å²) in [6, 6.07) is 8.52. The van der Waals surface area contributed by atoms with Crippen molar-refractivity contribution in [2.24, 2.45) is 0 Å². The molecule has 0 spiro atoms. The molecule has 0 saturated carbocycles. The van der Waals surface area contributed by atoms with E-state index in [2.05, 4.69) is 15.0 Å². The van der Waals surface area contributed by atoms with E-state index in [4.69, 9.17) is 4.74 Å². The second kappa shape index (κ2) is 9.65. The highest BCUT2D eigenvalue weighted by atomic mass is 32.2. The number of amides is 1. The molecule has 3 aromatic rings. The lowest BCUT2D eigenvalue weighted by atomic mass is 10.1. The van der Waals surface area contributed by atoms with Crippen molar-refractivity contribution in [1.29, 1.82) is 0 Å². The number of nitrogens with one attached hydrogen (secondary N) is 2. The number of sulfonamides is 1. The quantitative estimate of drug-likeness (QED) is 0.359. The average molecular weight is 491 g/mol. The third-order valence-electron chi connectivity index (χ3n) is 4.53. The van der Waals surface area contributed by atoms with Crippen LogP contribution in [-0.4, -0.2) is 37.4 Å². The number of hydrogen-bond acceptors (Lipinski definition) is 8. The van der Waals surface area contributed by atoms with Crippen molar-refractivity contribution in [2.45, 2.75) is 31.7 Å². The minimum absolute atomic E-state index is 0.0203. The Hall–Kier alpha value is -3.35. The Morgan fingerprint density at radius 1 is 1.21 bits per heavy atom. The van der Waals surface area contributed by atoms with Gasteiger partial charge in [-0.05, 0) is 39.0 Å². The van der Waals surface area contributed by atoms with Crippen LogP contribution < -0.4 is 14.8 Å². The van der Waals surface area contributed by atoms with Gasteiger partial charge in [-0.2, -0.15) is 0 Å². The molecule has 0 radical (unpaired) electrons. The molecule has 3 rings (SSSR count). The number of thiazole rings is 1. The first-order chi connectivity index (χ1) is 15.5. The molecule has 10 nitrogen and oxygen atoms in total. The number of methoxy groups -OCH3 is 1. The number of anilines is 1. The van der Waals surface area contributed by atoms with Crippen LogP contribution in [0.3, 0.4) is 0 Å². The van der Waals surface area contributed by atoms with Crippen molar-refractivity contribution in [3.63, 3.8) is 0 Å². The fraction of sp³-hybridized carbons (Fsp3) is 0.238. The number of nitro groups is 1. The van der Waals surface area contributed by atoms with E-state index in [-0.39, 0.29) is 33.1 Å². The monoisotopic (exact) mass is 490 g/mol. The van der Waals surface area contributed by atoms with Gasteiger partial charge in [0.1, 0.15) is 10.6 Å². The third-order valence-corrected chi connectivity index (χ3v) is 6.97. The molecule has 0 fully saturated rings. The van der Waals surface area contributed by atoms with Crippen LogP contribution in [0.25, 0.3) is 11.3 Å². The zero-order valence-corrected chi connectivity index (χ0v) is 19.9. The highest BCUT2D eigenvalue weighted by Crippen LogP contribution is 2.30. The molecule has 2 N–H and O–H groups in total. The SMILES string of the molecule is COc1ccc(C(=O)Nc2nc(-c3ccc(C)c([N+](=O)[O-])c3)cs2)cc1S(=O)(=O)NC(C)C. The molecule has 1 heterocycles. The van der Waals surface area contributed by atoms with Crippen molar-refractivity contribution in [2.75, 3.05) is 12.4 Å². The number of nitrogens with zero attached hydrogens (tertiary/aromatic N) is 2. The van der Waals surface area contributed by atoms with E-state index in [0.717, 1.165) is 11.3 Å². The summed E-state index contributed by atoms with van der Waals surface area (Å²) in [5.41, 5.74) is 1.62. The van der Waals surface area contributed by atoms with Gasteiger partial charge in [0.25, 0.3) is 11.6 Å². The number of carbonyl (C=O) groups excluding carboxylic acids is 1. The number of aryl methyl sites for hydroxylation is 1. The van der Waals surface area contributed by atoms with Crippen molar-refractivity contribution in [3.8, 4) is 17.0 Å². The van der Waals surface area contributed by atoms with E-state index in [9.17, 15) is 23.3 Å². The Kier molecular flexibility index (Phi) is 7.10. The van der Waals surface area contributed by atoms with Crippen LogP contribution in [0.1, 0.15) is 29.8 Å². The summed E-state index contributed by atoms with van der Waals surface area (Å²) in [5, 5.41) is 15.8. The van der Waals surface area contributed by atoms with E-state index >= 15 is 0 Å². The molecule has 0 aliphatic rings. The van der Waals surface area contributed by atoms with Crippen molar-refractivity contribution >= 4 is 38.1 Å². The van der Waals surface area contributed by atoms with Gasteiger partial charge in [0, 0.05) is 34.2 Å². The maximum Gasteiger partial charge on any atom is 0.272 e. The molecular formula is C21H22N4O6S2. The average Bonchev–Trinajstić information content (AvgIpc) is 3.20. The fourth-order valence-electron chi connectivity index (χ4n) is 3.00. The zero-order chi connectivity index (χ0) is 24.3. The van der Waals surface area contributed by atoms with Crippen LogP contribution in [0, 0.1) is 17.0 Å². The molecule has 12 heteroatoms. The minimum atomic E-state index is -3.90. The fourth-order valence-corrected chi connectivity index (χ4v) is 5.16. The van der Waals surface area contributed by atoms with Gasteiger partial charge in [0.15, 0.2) is 5.13 Å². The molecular weight excluding hydrogens is 468 g/mol. The van der Waals surface area contributed by atoms with Crippen LogP contribution in [0.15, 0.2) is 46.7 Å². The van der Waals surface area contributed by atoms with Gasteiger partial charge in [-0.15, -0.1) is 11.3 Å². The molecule has 0 aliphatic carbocycles. The van der Waals surface area contributed by atoms with Crippen LogP contribution in [0.2, 0.25) is 0 Å². The lowest BCUT2D eigenvalue weighted by Crippen LogP contribution is -2.30. The number of rotatable bonds is 8. The lowest BCUT2D eigenvalue weighted by Gasteiger charge is -2.14. The largest absolute Gasteiger partial charge is 0.495 e. The second-order valence-corrected chi connectivity index (χ2v) is 9.93. The Morgan fingerprint density at radius 3 is 2.58 bits per heavy atom. The summed E-state index contributed by atoms with van der Waals surface area (Å²) >= 11 is 1.14. The summed E-state index contributed by atoms with van der Waals surface area (Å²) in [5.74, 6) is -0.452. The van der Waals surface area contributed by atoms with Gasteiger partial charge >= 0.3 is 0 Å². The van der Waals surface area contributed by atoms with Crippen LogP contribution in [0.4, 0.5) is 10.8 Å². The van der Waals surface area contributed by atoms with Gasteiger partial charge in [-0.1, -0.05) is 12.1 Å². The Balaban J connectivity index is 1.86. The van der Waals surface area contributed by atoms with Gasteiger partial charge < -0.3 is 4.74 Å². The van der Waals surface area contributed by atoms with Crippen LogP contribution >= 0.6 is 11.3 Å². The molecule has 2 aromatic carbocycles. The topological polar surface area (TPSA) is 141 Å². The van der Waals surface area contributed by atoms with Gasteiger partial charge in [-0.25, -0.2) is 18.1 Å². The van der Waals surface area contributed by atoms with Gasteiger partial charge in [0.2, 0.25) is 10.0 Å². The smallest absolute Gasteiger partial charge is 0.272 e. The molecule has 1 amide bonds. The molecule has 1 aromatic heterocycles. The Bertz CT molecular complexity index is 1320. The number of hydrogen-bond donors (Lipinski definition) is 2. The predicted octanol–water partition coefficient (Wildman–Crippen LogP) is 3.97. The van der Waals surface area contributed by atoms with Gasteiger partial charge in [-0.3, -0.25) is 20.2 Å². The number of carbonyl (C=O) groups is 1. The summed E-state index contributed by atoms with van der Waals surface area (Å²) in [6.07, 6.45) is 0. The molecule has 0 aliphatic heterocycles. The first-order valence-electron chi connectivity index (χ1n) is 9.74. The molecule has 0 unspecified atom stereocenters. The van der Waals surface area contributed by atoms with Crippen LogP contribution in [-0.2, 0) is 10.0 Å². The Morgan fingerprint density at radius 2 is 1.94 bits per heavy atom. The van der Waals surface area contributed by atoms with Crippen LogP contribution in [0.5, 0.6) is 5.75 Å². The van der Waals surface area contributed by atoms with Gasteiger partial charge in [0.05, 0.1) is 17.7 Å². The highest BCUT2D eigenvalue weighted by molar-refractivity contribution is 7.89. The second-order valence-electron chi connectivity index (χ2n) is 7.39. The lowest BCUT2D eigenvalue weighted by molar-refractivity contribution is -0.385. The maximum atomic E-state index is 12.8. The summed E-state index contributed by atoms with van der Waals surface area (Å²) in [4.78, 5) is 27.7. The van der Waals surface area contributed by atoms with E-state index in [1.54, 1.807) is 38.3 Å². The zero-order valence-electron chi connectivity index (χ0n) is 18.3. The van der Waals surface area contributed by atoms with E-state index in [1.807, 2.05) is 0 Å². The third kappa shape index (κ3) is 5.53. The van der Waals surface area contributed by atoms with Crippen molar-refractivity contribution < 1.29 is 22.9 Å². The van der Waals surface area contributed by atoms with E-state index in [1.165, 1.54) is 31.4 Å². The maximum absolute atomic E-state index is 12.8. The number of ether oxygens (including phenoxy) is 1. The van der Waals surface area contributed by atoms with Crippen molar-refractivity contribution in [3.05, 3.63) is 63.0 Å².